The van der Waals surface area contributed by atoms with Crippen molar-refractivity contribution in [3.8, 4) is 0 Å². The molecule has 2 atom stereocenters. The van der Waals surface area contributed by atoms with Gasteiger partial charge >= 0.3 is 0 Å². The van der Waals surface area contributed by atoms with Gasteiger partial charge in [0.25, 0.3) is 0 Å². The van der Waals surface area contributed by atoms with Crippen LogP contribution in [0.1, 0.15) is 41.5 Å². The molecule has 0 aromatic heterocycles. The van der Waals surface area contributed by atoms with E-state index < -0.39 is 0 Å². The second-order valence-electron chi connectivity index (χ2n) is 5.62. The minimum Gasteiger partial charge on any atom is -0.661 e. The Labute approximate surface area is 151 Å². The average Bonchev–Trinajstić information content (AvgIpc) is 2.26. The van der Waals surface area contributed by atoms with E-state index in [4.69, 9.17) is 10.2 Å². The maximum absolute atomic E-state index is 8.06. The fourth-order valence-corrected chi connectivity index (χ4v) is 1.14. The van der Waals surface area contributed by atoms with Gasteiger partial charge in [0.15, 0.2) is 0 Å². The maximum atomic E-state index is 8.06. The summed E-state index contributed by atoms with van der Waals surface area (Å²) >= 11 is 0. The van der Waals surface area contributed by atoms with Crippen LogP contribution in [0.25, 0.3) is 10.6 Å². The fourth-order valence-electron chi connectivity index (χ4n) is 1.14. The van der Waals surface area contributed by atoms with Crippen LogP contribution in [-0.2, 0) is 25.8 Å². The molecule has 0 aliphatic carbocycles. The van der Waals surface area contributed by atoms with E-state index in [9.17, 15) is 0 Å². The van der Waals surface area contributed by atoms with Crippen molar-refractivity contribution in [2.24, 2.45) is 0 Å². The standard InChI is InChI=1S/C9H21N3.2C3H8O.Hf/c1-8(10-3)6-12(5)7-9(2)11-4;2*1-3(2)4;/h8-9H,6-7H2,1-5H3;2*3-4H,1-2H3;/q-2;;;. The first-order chi connectivity index (χ1) is 9.06. The molecule has 0 heterocycles. The van der Waals surface area contributed by atoms with Crippen molar-refractivity contribution in [1.82, 2.24) is 4.90 Å². The van der Waals surface area contributed by atoms with E-state index in [1.807, 2.05) is 14.1 Å². The van der Waals surface area contributed by atoms with Gasteiger partial charge in [0.05, 0.1) is 0 Å². The van der Waals surface area contributed by atoms with E-state index in [1.54, 1.807) is 27.7 Å². The molecular weight excluding hydrogens is 433 g/mol. The number of nitrogens with zero attached hydrogens (tertiary/aromatic N) is 3. The number of hydrogen-bond donors (Lipinski definition) is 2. The quantitative estimate of drug-likeness (QED) is 0.587. The largest absolute Gasteiger partial charge is 0.661 e. The minimum absolute atomic E-state index is 0. The van der Waals surface area contributed by atoms with Gasteiger partial charge in [0.1, 0.15) is 0 Å². The molecule has 2 unspecified atom stereocenters. The Kier molecular flexibility index (Phi) is 29.2. The zero-order valence-electron chi connectivity index (χ0n) is 15.5. The number of aliphatic hydroxyl groups excluding tert-OH is 2. The van der Waals surface area contributed by atoms with Gasteiger partial charge in [-0.25, -0.2) is 0 Å². The van der Waals surface area contributed by atoms with Crippen molar-refractivity contribution in [2.75, 3.05) is 34.2 Å². The summed E-state index contributed by atoms with van der Waals surface area (Å²) in [5.41, 5.74) is 0. The molecule has 0 rings (SSSR count). The second-order valence-corrected chi connectivity index (χ2v) is 5.62. The number of likely N-dealkylation sites (N-methyl/N-ethyl adjacent to an activating group) is 3. The first-order valence-electron chi connectivity index (χ1n) is 7.29. The van der Waals surface area contributed by atoms with Crippen LogP contribution < -0.4 is 0 Å². The summed E-state index contributed by atoms with van der Waals surface area (Å²) < 4.78 is 0. The molecule has 0 bridgehead atoms. The molecule has 2 N–H and O–H groups in total. The predicted octanol–water partition coefficient (Wildman–Crippen LogP) is 2.47. The number of aliphatic hydroxyl groups is 2. The Morgan fingerprint density at radius 3 is 1.10 bits per heavy atom. The molecule has 0 amide bonds. The van der Waals surface area contributed by atoms with Crippen molar-refractivity contribution < 1.29 is 36.1 Å². The summed E-state index contributed by atoms with van der Waals surface area (Å²) in [6, 6.07) is 0.859. The van der Waals surface area contributed by atoms with E-state index >= 15 is 0 Å². The third kappa shape index (κ3) is 44.9. The summed E-state index contributed by atoms with van der Waals surface area (Å²) in [7, 11) is 5.85. The summed E-state index contributed by atoms with van der Waals surface area (Å²) in [6.45, 7) is 13.2. The average molecular weight is 470 g/mol. The van der Waals surface area contributed by atoms with Crippen molar-refractivity contribution in [3.05, 3.63) is 10.6 Å². The van der Waals surface area contributed by atoms with Gasteiger partial charge in [-0.15, -0.1) is 12.1 Å². The molecular formula is C15H37HfN3O2-2. The Morgan fingerprint density at radius 1 is 0.762 bits per heavy atom. The molecule has 0 aromatic rings. The summed E-state index contributed by atoms with van der Waals surface area (Å²) in [5, 5.41) is 24.5. The molecule has 21 heavy (non-hydrogen) atoms. The molecule has 130 valence electrons. The van der Waals surface area contributed by atoms with Crippen molar-refractivity contribution in [3.63, 3.8) is 0 Å². The number of hydrogen-bond acceptors (Lipinski definition) is 3. The topological polar surface area (TPSA) is 71.9 Å². The smallest absolute Gasteiger partial charge is 0.0483 e. The number of rotatable bonds is 6. The van der Waals surface area contributed by atoms with Gasteiger partial charge in [-0.1, -0.05) is 13.8 Å². The Morgan fingerprint density at radius 2 is 0.952 bits per heavy atom. The Balaban J connectivity index is -0.000000134. The van der Waals surface area contributed by atoms with E-state index in [1.165, 1.54) is 0 Å². The first-order valence-corrected chi connectivity index (χ1v) is 7.29. The van der Waals surface area contributed by atoms with Crippen LogP contribution in [0.3, 0.4) is 0 Å². The van der Waals surface area contributed by atoms with Gasteiger partial charge in [-0.3, -0.25) is 0 Å². The third-order valence-corrected chi connectivity index (χ3v) is 2.03. The Hall–Kier alpha value is 0.670. The van der Waals surface area contributed by atoms with Crippen molar-refractivity contribution in [2.45, 2.75) is 65.8 Å². The molecule has 5 nitrogen and oxygen atoms in total. The van der Waals surface area contributed by atoms with Crippen LogP contribution in [0.5, 0.6) is 0 Å². The molecule has 0 aliphatic rings. The van der Waals surface area contributed by atoms with E-state index in [2.05, 4.69) is 36.4 Å². The van der Waals surface area contributed by atoms with E-state index in [0.717, 1.165) is 13.1 Å². The molecule has 0 aliphatic heterocycles. The molecule has 0 saturated carbocycles. The van der Waals surface area contributed by atoms with Crippen molar-refractivity contribution >= 4 is 0 Å². The zero-order valence-corrected chi connectivity index (χ0v) is 19.1. The minimum atomic E-state index is -0.167. The fraction of sp³-hybridized carbons (Fsp3) is 1.00. The normalized spacial score (nSPS) is 12.9. The SMILES string of the molecule is CC(C)O.CC(C)O.C[N-]C(C)CN(C)CC(C)[N-]C.[Hf]. The molecule has 0 radical (unpaired) electrons. The third-order valence-electron chi connectivity index (χ3n) is 2.03. The van der Waals surface area contributed by atoms with E-state index in [0.29, 0.717) is 12.1 Å². The van der Waals surface area contributed by atoms with Crippen molar-refractivity contribution in [1.29, 1.82) is 0 Å². The van der Waals surface area contributed by atoms with Gasteiger partial charge in [-0.05, 0) is 47.8 Å². The van der Waals surface area contributed by atoms with E-state index in [-0.39, 0.29) is 38.1 Å². The predicted molar refractivity (Wildman–Crippen MR) is 89.7 cm³/mol. The molecule has 0 fully saturated rings. The summed E-state index contributed by atoms with van der Waals surface area (Å²) in [4.78, 5) is 2.27. The van der Waals surface area contributed by atoms with Crippen LogP contribution >= 0.6 is 0 Å². The van der Waals surface area contributed by atoms with Crippen LogP contribution in [0, 0.1) is 0 Å². The summed E-state index contributed by atoms with van der Waals surface area (Å²) in [5.74, 6) is 0. The molecule has 0 spiro atoms. The first kappa shape index (κ1) is 29.7. The molecule has 0 saturated heterocycles. The Bertz CT molecular complexity index is 161. The van der Waals surface area contributed by atoms with Gasteiger partial charge in [0, 0.05) is 38.1 Å². The van der Waals surface area contributed by atoms with Crippen LogP contribution in [0.2, 0.25) is 0 Å². The van der Waals surface area contributed by atoms with Gasteiger partial charge < -0.3 is 25.7 Å². The van der Waals surface area contributed by atoms with Gasteiger partial charge in [-0.2, -0.15) is 14.1 Å². The van der Waals surface area contributed by atoms with Crippen LogP contribution in [-0.4, -0.2) is 73.6 Å². The van der Waals surface area contributed by atoms with Gasteiger partial charge in [0.2, 0.25) is 0 Å². The van der Waals surface area contributed by atoms with Crippen LogP contribution in [0.4, 0.5) is 0 Å². The second kappa shape index (κ2) is 20.7. The molecule has 6 heteroatoms. The summed E-state index contributed by atoms with van der Waals surface area (Å²) in [6.07, 6.45) is -0.333. The molecule has 0 aromatic carbocycles. The maximum Gasteiger partial charge on any atom is 0.0483 e. The zero-order chi connectivity index (χ0) is 16.7. The monoisotopic (exact) mass is 471 g/mol. The van der Waals surface area contributed by atoms with Crippen LogP contribution in [0.15, 0.2) is 0 Å².